The molecular weight excluding hydrogens is 864 g/mol. The fourth-order valence-corrected chi connectivity index (χ4v) is 5.30. The summed E-state index contributed by atoms with van der Waals surface area (Å²) in [5, 5.41) is 4.34. The lowest BCUT2D eigenvalue weighted by Crippen LogP contribution is -2.31. The van der Waals surface area contributed by atoms with E-state index in [1.165, 1.54) is 48.5 Å². The van der Waals surface area contributed by atoms with Gasteiger partial charge in [0.25, 0.3) is 0 Å². The molecule has 0 aliphatic heterocycles. The first-order valence-corrected chi connectivity index (χ1v) is 18.3. The maximum atomic E-state index is 12.7. The standard InChI is InChI=1S/C38H29Br2F6N5O4/c1-2-55-34(52)23-51(21-32-17-26(15-30(19-39)47-32)5-3-24-7-11-28(12-8-24)49-35(53)37(41,42)43)22-33-18-27(16-31(20-40)48-33)6-4-25-9-13-29(14-10-25)50-36(54)38(44,45)46/h7-18H,2,19-23H2,1H3,(H,49,53)(H,50,54). The highest BCUT2D eigenvalue weighted by Gasteiger charge is 2.39. The summed E-state index contributed by atoms with van der Waals surface area (Å²) in [5.74, 6) is 7.32. The van der Waals surface area contributed by atoms with Crippen molar-refractivity contribution in [2.24, 2.45) is 0 Å². The molecule has 9 nitrogen and oxygen atoms in total. The van der Waals surface area contributed by atoms with Crippen LogP contribution in [0.25, 0.3) is 0 Å². The third-order valence-electron chi connectivity index (χ3n) is 7.07. The van der Waals surface area contributed by atoms with E-state index < -0.39 is 30.1 Å². The number of hydrogen-bond donors (Lipinski definition) is 2. The molecule has 17 heteroatoms. The van der Waals surface area contributed by atoms with Crippen molar-refractivity contribution in [2.75, 3.05) is 23.8 Å². The van der Waals surface area contributed by atoms with Crippen molar-refractivity contribution in [3.8, 4) is 23.7 Å². The number of anilines is 2. The summed E-state index contributed by atoms with van der Waals surface area (Å²) in [6.45, 7) is 2.12. The summed E-state index contributed by atoms with van der Waals surface area (Å²) in [4.78, 5) is 46.3. The van der Waals surface area contributed by atoms with Crippen LogP contribution in [0, 0.1) is 23.7 Å². The van der Waals surface area contributed by atoms with Gasteiger partial charge >= 0.3 is 30.1 Å². The summed E-state index contributed by atoms with van der Waals surface area (Å²) in [5.41, 5.74) is 4.50. The second-order valence-electron chi connectivity index (χ2n) is 11.5. The Morgan fingerprint density at radius 2 is 1.00 bits per heavy atom. The van der Waals surface area contributed by atoms with E-state index in [1.54, 1.807) is 46.7 Å². The molecule has 0 radical (unpaired) electrons. The van der Waals surface area contributed by atoms with E-state index in [0.717, 1.165) is 0 Å². The molecule has 4 aromatic rings. The molecule has 0 fully saturated rings. The lowest BCUT2D eigenvalue weighted by atomic mass is 10.1. The van der Waals surface area contributed by atoms with Crippen LogP contribution in [0.15, 0.2) is 72.8 Å². The van der Waals surface area contributed by atoms with Gasteiger partial charge in [-0.2, -0.15) is 26.3 Å². The Balaban J connectivity index is 1.55. The highest BCUT2D eigenvalue weighted by Crippen LogP contribution is 2.21. The molecule has 0 aliphatic rings. The molecule has 2 aromatic carbocycles. The number of ether oxygens (including phenoxy) is 1. The van der Waals surface area contributed by atoms with Crippen molar-refractivity contribution in [1.29, 1.82) is 0 Å². The zero-order valence-electron chi connectivity index (χ0n) is 28.7. The minimum absolute atomic E-state index is 0.0363. The number of benzene rings is 2. The smallest absolute Gasteiger partial charge is 0.465 e. The van der Waals surface area contributed by atoms with Gasteiger partial charge in [-0.1, -0.05) is 55.5 Å². The highest BCUT2D eigenvalue weighted by molar-refractivity contribution is 9.08. The third-order valence-corrected chi connectivity index (χ3v) is 8.22. The van der Waals surface area contributed by atoms with E-state index in [1.807, 2.05) is 0 Å². The van der Waals surface area contributed by atoms with Crippen LogP contribution in [0.3, 0.4) is 0 Å². The molecular formula is C38H29Br2F6N5O4. The van der Waals surface area contributed by atoms with Crippen LogP contribution in [0.2, 0.25) is 0 Å². The Morgan fingerprint density at radius 3 is 1.35 bits per heavy atom. The number of nitrogens with zero attached hydrogens (tertiary/aromatic N) is 3. The van der Waals surface area contributed by atoms with Crippen LogP contribution < -0.4 is 10.6 Å². The van der Waals surface area contributed by atoms with Gasteiger partial charge in [-0.25, -0.2) is 0 Å². The molecule has 286 valence electrons. The van der Waals surface area contributed by atoms with Gasteiger partial charge in [-0.15, -0.1) is 0 Å². The maximum absolute atomic E-state index is 12.7. The molecule has 0 spiro atoms. The van der Waals surface area contributed by atoms with Crippen LogP contribution >= 0.6 is 31.9 Å². The molecule has 0 aliphatic carbocycles. The first-order chi connectivity index (χ1) is 26.0. The maximum Gasteiger partial charge on any atom is 0.471 e. The number of carbonyl (C=O) groups is 3. The number of alkyl halides is 8. The van der Waals surface area contributed by atoms with Gasteiger partial charge in [0.2, 0.25) is 0 Å². The molecule has 55 heavy (non-hydrogen) atoms. The number of pyridine rings is 2. The van der Waals surface area contributed by atoms with E-state index in [4.69, 9.17) is 4.74 Å². The van der Waals surface area contributed by atoms with Crippen molar-refractivity contribution < 1.29 is 45.5 Å². The summed E-state index contributed by atoms with van der Waals surface area (Å²) < 4.78 is 80.7. The van der Waals surface area contributed by atoms with E-state index in [-0.39, 0.29) is 37.6 Å². The van der Waals surface area contributed by atoms with Gasteiger partial charge in [-0.3, -0.25) is 29.3 Å². The van der Waals surface area contributed by atoms with E-state index in [2.05, 4.69) is 65.5 Å². The Labute approximate surface area is 328 Å². The summed E-state index contributed by atoms with van der Waals surface area (Å²) in [6, 6.07) is 18.1. The van der Waals surface area contributed by atoms with Crippen LogP contribution in [0.1, 0.15) is 52.0 Å². The quantitative estimate of drug-likeness (QED) is 0.0690. The van der Waals surface area contributed by atoms with Gasteiger partial charge in [0.1, 0.15) is 0 Å². The van der Waals surface area contributed by atoms with Crippen molar-refractivity contribution in [3.63, 3.8) is 0 Å². The third kappa shape index (κ3) is 13.8. The zero-order valence-corrected chi connectivity index (χ0v) is 31.8. The predicted octanol–water partition coefficient (Wildman–Crippen LogP) is 7.63. The molecule has 2 heterocycles. The van der Waals surface area contributed by atoms with Gasteiger partial charge in [0, 0.05) is 57.4 Å². The molecule has 2 N–H and O–H groups in total. The van der Waals surface area contributed by atoms with E-state index in [0.29, 0.717) is 55.7 Å². The number of hydrogen-bond acceptors (Lipinski definition) is 7. The molecule has 2 aromatic heterocycles. The zero-order chi connectivity index (χ0) is 40.2. The Hall–Kier alpha value is -5.23. The number of rotatable bonds is 11. The summed E-state index contributed by atoms with van der Waals surface area (Å²) >= 11 is 6.84. The lowest BCUT2D eigenvalue weighted by Gasteiger charge is -2.21. The SMILES string of the molecule is CCOC(=O)CN(Cc1cc(C#Cc2ccc(NC(=O)C(F)(F)F)cc2)cc(CBr)n1)Cc1cc(C#Cc2ccc(NC(=O)C(F)(F)F)cc2)cc(CBr)n1. The summed E-state index contributed by atoms with van der Waals surface area (Å²) in [6.07, 6.45) is -10.0. The first kappa shape index (κ1) is 42.5. The number of esters is 1. The monoisotopic (exact) mass is 891 g/mol. The second-order valence-corrected chi connectivity index (χ2v) is 12.6. The number of amides is 2. The van der Waals surface area contributed by atoms with Crippen molar-refractivity contribution in [2.45, 2.75) is 43.0 Å². The number of carbonyl (C=O) groups excluding carboxylic acids is 3. The Morgan fingerprint density at radius 1 is 0.636 bits per heavy atom. The van der Waals surface area contributed by atoms with Gasteiger partial charge in [0.15, 0.2) is 0 Å². The Bertz CT molecular complexity index is 2000. The van der Waals surface area contributed by atoms with Gasteiger partial charge in [-0.05, 0) is 79.7 Å². The fraction of sp³-hybridized carbons (Fsp3) is 0.237. The largest absolute Gasteiger partial charge is 0.471 e. The number of aromatic nitrogens is 2. The fourth-order valence-electron chi connectivity index (χ4n) is 4.72. The van der Waals surface area contributed by atoms with Crippen molar-refractivity contribution in [1.82, 2.24) is 14.9 Å². The normalized spacial score (nSPS) is 11.2. The molecule has 4 rings (SSSR count). The van der Waals surface area contributed by atoms with Crippen LogP contribution in [0.4, 0.5) is 37.7 Å². The lowest BCUT2D eigenvalue weighted by molar-refractivity contribution is -0.167. The molecule has 0 unspecified atom stereocenters. The van der Waals surface area contributed by atoms with E-state index >= 15 is 0 Å². The molecule has 2 amide bonds. The van der Waals surface area contributed by atoms with Crippen LogP contribution in [0.5, 0.6) is 0 Å². The van der Waals surface area contributed by atoms with Crippen LogP contribution in [-0.4, -0.2) is 58.2 Å². The average Bonchev–Trinajstić information content (AvgIpc) is 3.13. The summed E-state index contributed by atoms with van der Waals surface area (Å²) in [7, 11) is 0. The average molecular weight is 893 g/mol. The first-order valence-electron chi connectivity index (χ1n) is 16.0. The molecule has 0 atom stereocenters. The second kappa shape index (κ2) is 19.4. The van der Waals surface area contributed by atoms with Gasteiger partial charge < -0.3 is 15.4 Å². The molecule has 0 saturated heterocycles. The molecule has 0 saturated carbocycles. The van der Waals surface area contributed by atoms with Gasteiger partial charge in [0.05, 0.1) is 35.9 Å². The minimum Gasteiger partial charge on any atom is -0.465 e. The predicted molar refractivity (Wildman–Crippen MR) is 199 cm³/mol. The highest BCUT2D eigenvalue weighted by atomic mass is 79.9. The molecule has 0 bridgehead atoms. The van der Waals surface area contributed by atoms with Crippen molar-refractivity contribution in [3.05, 3.63) is 118 Å². The van der Waals surface area contributed by atoms with Crippen LogP contribution in [-0.2, 0) is 42.9 Å². The minimum atomic E-state index is -5.02. The van der Waals surface area contributed by atoms with E-state index in [9.17, 15) is 40.7 Å². The number of halogens is 8. The number of nitrogens with one attached hydrogen (secondary N) is 2. The Kier molecular flexibility index (Phi) is 15.0. The topological polar surface area (TPSA) is 114 Å². The van der Waals surface area contributed by atoms with Crippen molar-refractivity contribution >= 4 is 61.0 Å².